The minimum absolute atomic E-state index is 0.247. The fraction of sp³-hybridized carbons (Fsp3) is 0.650. The van der Waals surface area contributed by atoms with Crippen LogP contribution in [-0.4, -0.2) is 38.0 Å². The van der Waals surface area contributed by atoms with E-state index in [-0.39, 0.29) is 5.41 Å². The number of piperidine rings is 1. The standard InChI is InChI=1S/C20H28N2O/c1-21-13-11-16(12-14-21)20(15-7-3-4-8-15)17-9-5-6-10-18(17)22(2)19(20)23/h5-6,9-10,15-16H,3-4,7-8,11-14H2,1-2H3. The Labute approximate surface area is 139 Å². The third-order valence-electron chi connectivity index (χ3n) is 6.73. The van der Waals surface area contributed by atoms with Crippen LogP contribution < -0.4 is 4.90 Å². The van der Waals surface area contributed by atoms with E-state index >= 15 is 0 Å². The molecule has 0 aromatic heterocycles. The first kappa shape index (κ1) is 15.2. The van der Waals surface area contributed by atoms with Crippen molar-refractivity contribution in [2.45, 2.75) is 43.9 Å². The van der Waals surface area contributed by atoms with E-state index < -0.39 is 0 Å². The predicted octanol–water partition coefficient (Wildman–Crippen LogP) is 3.43. The van der Waals surface area contributed by atoms with Crippen LogP contribution in [0.5, 0.6) is 0 Å². The fourth-order valence-electron chi connectivity index (χ4n) is 5.59. The second-order valence-corrected chi connectivity index (χ2v) is 7.81. The van der Waals surface area contributed by atoms with Crippen LogP contribution in [0.2, 0.25) is 0 Å². The van der Waals surface area contributed by atoms with Gasteiger partial charge in [-0.1, -0.05) is 31.0 Å². The Kier molecular flexibility index (Phi) is 3.72. The maximum Gasteiger partial charge on any atom is 0.238 e. The van der Waals surface area contributed by atoms with Crippen LogP contribution in [0.15, 0.2) is 24.3 Å². The van der Waals surface area contributed by atoms with Crippen LogP contribution >= 0.6 is 0 Å². The minimum atomic E-state index is -0.247. The highest BCUT2D eigenvalue weighted by molar-refractivity contribution is 6.08. The average Bonchev–Trinajstić information content (AvgIpc) is 3.17. The Balaban J connectivity index is 1.84. The number of likely N-dealkylation sites (N-methyl/N-ethyl adjacent to an activating group) is 1. The maximum atomic E-state index is 13.6. The van der Waals surface area contributed by atoms with Gasteiger partial charge in [0.25, 0.3) is 0 Å². The van der Waals surface area contributed by atoms with Crippen LogP contribution in [-0.2, 0) is 10.2 Å². The molecule has 23 heavy (non-hydrogen) atoms. The van der Waals surface area contributed by atoms with Crippen molar-refractivity contribution in [2.24, 2.45) is 11.8 Å². The quantitative estimate of drug-likeness (QED) is 0.835. The summed E-state index contributed by atoms with van der Waals surface area (Å²) in [6.45, 7) is 2.25. The van der Waals surface area contributed by atoms with Crippen molar-refractivity contribution in [3.05, 3.63) is 29.8 Å². The largest absolute Gasteiger partial charge is 0.314 e. The van der Waals surface area contributed by atoms with Crippen LogP contribution in [0.4, 0.5) is 5.69 Å². The van der Waals surface area contributed by atoms with Gasteiger partial charge in [-0.3, -0.25) is 4.79 Å². The summed E-state index contributed by atoms with van der Waals surface area (Å²) in [7, 11) is 4.18. The normalized spacial score (nSPS) is 30.2. The van der Waals surface area contributed by atoms with Crippen molar-refractivity contribution in [3.8, 4) is 0 Å². The molecule has 1 unspecified atom stereocenters. The maximum absolute atomic E-state index is 13.6. The van der Waals surface area contributed by atoms with Gasteiger partial charge >= 0.3 is 0 Å². The summed E-state index contributed by atoms with van der Waals surface area (Å²) in [6.07, 6.45) is 7.33. The highest BCUT2D eigenvalue weighted by atomic mass is 16.2. The van der Waals surface area contributed by atoms with Crippen molar-refractivity contribution in [1.29, 1.82) is 0 Å². The van der Waals surface area contributed by atoms with E-state index in [1.807, 2.05) is 11.9 Å². The number of benzene rings is 1. The number of rotatable bonds is 2. The molecule has 1 saturated carbocycles. The van der Waals surface area contributed by atoms with Crippen molar-refractivity contribution in [3.63, 3.8) is 0 Å². The van der Waals surface area contributed by atoms with Gasteiger partial charge in [-0.05, 0) is 69.3 Å². The van der Waals surface area contributed by atoms with Crippen LogP contribution in [0.25, 0.3) is 0 Å². The zero-order valence-electron chi connectivity index (χ0n) is 14.4. The molecular formula is C20H28N2O. The molecule has 124 valence electrons. The number of likely N-dealkylation sites (tertiary alicyclic amines) is 1. The minimum Gasteiger partial charge on any atom is -0.314 e. The lowest BCUT2D eigenvalue weighted by Crippen LogP contribution is -2.52. The van der Waals surface area contributed by atoms with E-state index in [1.54, 1.807) is 0 Å². The predicted molar refractivity (Wildman–Crippen MR) is 93.7 cm³/mol. The van der Waals surface area contributed by atoms with Gasteiger partial charge in [0.15, 0.2) is 0 Å². The van der Waals surface area contributed by atoms with Gasteiger partial charge < -0.3 is 9.80 Å². The lowest BCUT2D eigenvalue weighted by Gasteiger charge is -2.44. The molecule has 1 saturated heterocycles. The Morgan fingerprint density at radius 3 is 2.26 bits per heavy atom. The van der Waals surface area contributed by atoms with Crippen LogP contribution in [0, 0.1) is 11.8 Å². The van der Waals surface area contributed by atoms with Gasteiger partial charge in [-0.2, -0.15) is 0 Å². The lowest BCUT2D eigenvalue weighted by molar-refractivity contribution is -0.128. The van der Waals surface area contributed by atoms with Crippen molar-refractivity contribution >= 4 is 11.6 Å². The first-order chi connectivity index (χ1) is 11.2. The number of para-hydroxylation sites is 1. The summed E-state index contributed by atoms with van der Waals surface area (Å²) in [4.78, 5) is 17.9. The first-order valence-electron chi connectivity index (χ1n) is 9.22. The van der Waals surface area contributed by atoms with Gasteiger partial charge in [0.2, 0.25) is 5.91 Å². The highest BCUT2D eigenvalue weighted by Crippen LogP contribution is 2.56. The molecule has 1 aromatic rings. The van der Waals surface area contributed by atoms with E-state index in [9.17, 15) is 4.79 Å². The summed E-state index contributed by atoms with van der Waals surface area (Å²) in [5, 5.41) is 0. The number of nitrogens with zero attached hydrogens (tertiary/aromatic N) is 2. The number of hydrogen-bond donors (Lipinski definition) is 0. The topological polar surface area (TPSA) is 23.6 Å². The number of anilines is 1. The lowest BCUT2D eigenvalue weighted by atomic mass is 9.60. The first-order valence-corrected chi connectivity index (χ1v) is 9.22. The highest BCUT2D eigenvalue weighted by Gasteiger charge is 2.58. The number of carbonyl (C=O) groups excluding carboxylic acids is 1. The monoisotopic (exact) mass is 312 g/mol. The van der Waals surface area contributed by atoms with E-state index in [2.05, 4.69) is 36.2 Å². The molecule has 0 N–H and O–H groups in total. The van der Waals surface area contributed by atoms with Crippen molar-refractivity contribution in [1.82, 2.24) is 4.90 Å². The molecule has 2 heterocycles. The molecule has 4 rings (SSSR count). The molecule has 1 aromatic carbocycles. The molecule has 0 spiro atoms. The number of amides is 1. The Morgan fingerprint density at radius 2 is 1.57 bits per heavy atom. The molecule has 3 aliphatic rings. The van der Waals surface area contributed by atoms with Crippen molar-refractivity contribution < 1.29 is 4.79 Å². The molecule has 2 fully saturated rings. The summed E-state index contributed by atoms with van der Waals surface area (Å²) in [5.41, 5.74) is 2.24. The Hall–Kier alpha value is -1.35. The average molecular weight is 312 g/mol. The molecular weight excluding hydrogens is 284 g/mol. The fourth-order valence-corrected chi connectivity index (χ4v) is 5.59. The van der Waals surface area contributed by atoms with Gasteiger partial charge in [0.1, 0.15) is 0 Å². The summed E-state index contributed by atoms with van der Waals surface area (Å²) in [6, 6.07) is 8.58. The van der Waals surface area contributed by atoms with Gasteiger partial charge in [0, 0.05) is 12.7 Å². The number of carbonyl (C=O) groups is 1. The van der Waals surface area contributed by atoms with Crippen LogP contribution in [0.3, 0.4) is 0 Å². The molecule has 3 nitrogen and oxygen atoms in total. The molecule has 3 heteroatoms. The second kappa shape index (κ2) is 5.62. The number of fused-ring (bicyclic) bond motifs is 1. The van der Waals surface area contributed by atoms with E-state index in [0.29, 0.717) is 17.7 Å². The second-order valence-electron chi connectivity index (χ2n) is 7.81. The third-order valence-corrected chi connectivity index (χ3v) is 6.73. The molecule has 1 amide bonds. The summed E-state index contributed by atoms with van der Waals surface area (Å²) < 4.78 is 0. The number of hydrogen-bond acceptors (Lipinski definition) is 2. The zero-order valence-corrected chi connectivity index (χ0v) is 14.4. The molecule has 1 aliphatic carbocycles. The van der Waals surface area contributed by atoms with E-state index in [1.165, 1.54) is 31.2 Å². The third kappa shape index (κ3) is 2.09. The summed E-state index contributed by atoms with van der Waals surface area (Å²) >= 11 is 0. The Bertz CT molecular complexity index is 599. The van der Waals surface area contributed by atoms with Crippen LogP contribution in [0.1, 0.15) is 44.1 Å². The molecule has 2 aliphatic heterocycles. The molecule has 0 bridgehead atoms. The van der Waals surface area contributed by atoms with Crippen molar-refractivity contribution in [2.75, 3.05) is 32.1 Å². The molecule has 1 atom stereocenters. The van der Waals surface area contributed by atoms with E-state index in [4.69, 9.17) is 0 Å². The Morgan fingerprint density at radius 1 is 0.957 bits per heavy atom. The van der Waals surface area contributed by atoms with Gasteiger partial charge in [-0.25, -0.2) is 0 Å². The molecule has 0 radical (unpaired) electrons. The SMILES string of the molecule is CN1CCC(C2(C3CCCC3)C(=O)N(C)c3ccccc32)CC1. The van der Waals surface area contributed by atoms with E-state index in [0.717, 1.165) is 31.6 Å². The van der Waals surface area contributed by atoms with Gasteiger partial charge in [-0.15, -0.1) is 0 Å². The summed E-state index contributed by atoms with van der Waals surface area (Å²) in [5.74, 6) is 1.41. The zero-order chi connectivity index (χ0) is 16.0. The van der Waals surface area contributed by atoms with Gasteiger partial charge in [0.05, 0.1) is 5.41 Å². The smallest absolute Gasteiger partial charge is 0.238 e.